The van der Waals surface area contributed by atoms with Crippen LogP contribution in [0.3, 0.4) is 0 Å². The monoisotopic (exact) mass is 438 g/mol. The van der Waals surface area contributed by atoms with Crippen LogP contribution < -0.4 is 4.90 Å². The Morgan fingerprint density at radius 1 is 1.06 bits per heavy atom. The molecule has 0 spiro atoms. The van der Waals surface area contributed by atoms with E-state index in [-0.39, 0.29) is 13.2 Å². The Labute approximate surface area is 188 Å². The number of piperazine rings is 1. The Morgan fingerprint density at radius 2 is 1.88 bits per heavy atom. The van der Waals surface area contributed by atoms with E-state index < -0.39 is 5.97 Å². The molecule has 170 valence electrons. The highest BCUT2D eigenvalue weighted by Gasteiger charge is 2.18. The second kappa shape index (κ2) is 10.6. The number of hydrogen-bond acceptors (Lipinski definition) is 7. The molecule has 0 saturated carbocycles. The molecule has 0 amide bonds. The number of carbonyl (C=O) groups is 1. The average molecular weight is 439 g/mol. The minimum absolute atomic E-state index is 0.0150. The van der Waals surface area contributed by atoms with Gasteiger partial charge in [-0.15, -0.1) is 0 Å². The standard InChI is InChI=1S/C24H30N4O4/c1-2-31-14-12-26-8-10-27(11-9-26)20-4-3-5-21(17-20)28-18-25-22-16-19(6-7-23(22)28)24(30)32-15-13-29/h3-7,16-18,29H,2,8-15H2,1H3. The van der Waals surface area contributed by atoms with Crippen LogP contribution in [0, 0.1) is 0 Å². The fourth-order valence-corrected chi connectivity index (χ4v) is 3.97. The van der Waals surface area contributed by atoms with E-state index in [9.17, 15) is 4.79 Å². The molecule has 0 atom stereocenters. The summed E-state index contributed by atoms with van der Waals surface area (Å²) in [6, 6.07) is 13.8. The summed E-state index contributed by atoms with van der Waals surface area (Å²) in [5.74, 6) is -0.460. The van der Waals surface area contributed by atoms with Crippen LogP contribution in [0.25, 0.3) is 16.7 Å². The van der Waals surface area contributed by atoms with Crippen LogP contribution in [-0.4, -0.2) is 84.7 Å². The smallest absolute Gasteiger partial charge is 0.338 e. The molecule has 2 heterocycles. The molecule has 0 unspecified atom stereocenters. The highest BCUT2D eigenvalue weighted by Crippen LogP contribution is 2.24. The van der Waals surface area contributed by atoms with Crippen molar-refractivity contribution in [2.45, 2.75) is 6.92 Å². The number of aliphatic hydroxyl groups excluding tert-OH is 1. The molecule has 8 heteroatoms. The summed E-state index contributed by atoms with van der Waals surface area (Å²) in [5.41, 5.74) is 4.28. The quantitative estimate of drug-likeness (QED) is 0.406. The van der Waals surface area contributed by atoms with Crippen LogP contribution >= 0.6 is 0 Å². The van der Waals surface area contributed by atoms with Gasteiger partial charge in [-0.2, -0.15) is 0 Å². The molecule has 32 heavy (non-hydrogen) atoms. The summed E-state index contributed by atoms with van der Waals surface area (Å²) >= 11 is 0. The number of rotatable bonds is 9. The van der Waals surface area contributed by atoms with Gasteiger partial charge in [0.05, 0.1) is 29.8 Å². The van der Waals surface area contributed by atoms with Crippen molar-refractivity contribution in [1.29, 1.82) is 0 Å². The Kier molecular flexibility index (Phi) is 7.36. The molecule has 2 aromatic carbocycles. The summed E-state index contributed by atoms with van der Waals surface area (Å²) in [5, 5.41) is 8.83. The first-order chi connectivity index (χ1) is 15.7. The molecule has 8 nitrogen and oxygen atoms in total. The SMILES string of the molecule is CCOCCN1CCN(c2cccc(-n3cnc4cc(C(=O)OCCO)ccc43)c2)CC1. The molecule has 1 aliphatic heterocycles. The van der Waals surface area contributed by atoms with Crippen molar-refractivity contribution in [2.75, 3.05) is 64.1 Å². The molecule has 1 saturated heterocycles. The van der Waals surface area contributed by atoms with Crippen molar-refractivity contribution < 1.29 is 19.4 Å². The number of aromatic nitrogens is 2. The fourth-order valence-electron chi connectivity index (χ4n) is 3.97. The van der Waals surface area contributed by atoms with Gasteiger partial charge in [0.1, 0.15) is 12.9 Å². The van der Waals surface area contributed by atoms with E-state index in [2.05, 4.69) is 39.0 Å². The van der Waals surface area contributed by atoms with E-state index in [4.69, 9.17) is 14.6 Å². The third kappa shape index (κ3) is 5.09. The van der Waals surface area contributed by atoms with Gasteiger partial charge in [-0.05, 0) is 43.3 Å². The van der Waals surface area contributed by atoms with Crippen molar-refractivity contribution in [3.8, 4) is 5.69 Å². The zero-order chi connectivity index (χ0) is 22.3. The number of esters is 1. The van der Waals surface area contributed by atoms with Crippen molar-refractivity contribution in [2.24, 2.45) is 0 Å². The Morgan fingerprint density at radius 3 is 2.66 bits per heavy atom. The van der Waals surface area contributed by atoms with Gasteiger partial charge in [0.15, 0.2) is 0 Å². The Bertz CT molecular complexity index is 1040. The lowest BCUT2D eigenvalue weighted by molar-refractivity contribution is 0.0434. The largest absolute Gasteiger partial charge is 0.460 e. The lowest BCUT2D eigenvalue weighted by atomic mass is 10.2. The summed E-state index contributed by atoms with van der Waals surface area (Å²) in [6.45, 7) is 8.39. The summed E-state index contributed by atoms with van der Waals surface area (Å²) < 4.78 is 12.5. The van der Waals surface area contributed by atoms with Crippen LogP contribution in [0.2, 0.25) is 0 Å². The third-order valence-electron chi connectivity index (χ3n) is 5.71. The summed E-state index contributed by atoms with van der Waals surface area (Å²) in [4.78, 5) is 21.4. The number of carbonyl (C=O) groups excluding carboxylic acids is 1. The molecular formula is C24H30N4O4. The van der Waals surface area contributed by atoms with Crippen molar-refractivity contribution in [3.05, 3.63) is 54.4 Å². The van der Waals surface area contributed by atoms with Gasteiger partial charge in [-0.25, -0.2) is 9.78 Å². The van der Waals surface area contributed by atoms with Gasteiger partial charge in [-0.1, -0.05) is 6.07 Å². The number of aliphatic hydroxyl groups is 1. The van der Waals surface area contributed by atoms with E-state index >= 15 is 0 Å². The molecule has 4 rings (SSSR count). The maximum atomic E-state index is 12.1. The predicted octanol–water partition coefficient (Wildman–Crippen LogP) is 2.33. The Hall–Kier alpha value is -2.94. The van der Waals surface area contributed by atoms with E-state index in [1.54, 1.807) is 18.5 Å². The van der Waals surface area contributed by atoms with Crippen LogP contribution in [0.5, 0.6) is 0 Å². The highest BCUT2D eigenvalue weighted by atomic mass is 16.5. The number of benzene rings is 2. The van der Waals surface area contributed by atoms with Gasteiger partial charge in [0.2, 0.25) is 0 Å². The minimum atomic E-state index is -0.460. The van der Waals surface area contributed by atoms with E-state index in [0.717, 1.165) is 62.7 Å². The number of imidazole rings is 1. The molecule has 0 radical (unpaired) electrons. The lowest BCUT2D eigenvalue weighted by Crippen LogP contribution is -2.47. The van der Waals surface area contributed by atoms with Gasteiger partial charge >= 0.3 is 5.97 Å². The summed E-state index contributed by atoms with van der Waals surface area (Å²) in [7, 11) is 0. The van der Waals surface area contributed by atoms with Crippen molar-refractivity contribution >= 4 is 22.7 Å². The van der Waals surface area contributed by atoms with E-state index in [0.29, 0.717) is 5.56 Å². The zero-order valence-electron chi connectivity index (χ0n) is 18.4. The van der Waals surface area contributed by atoms with E-state index in [1.807, 2.05) is 17.6 Å². The van der Waals surface area contributed by atoms with Crippen molar-refractivity contribution in [3.63, 3.8) is 0 Å². The second-order valence-electron chi connectivity index (χ2n) is 7.72. The number of nitrogens with zero attached hydrogens (tertiary/aromatic N) is 4. The molecule has 1 aliphatic rings. The van der Waals surface area contributed by atoms with Crippen LogP contribution in [0.15, 0.2) is 48.8 Å². The van der Waals surface area contributed by atoms with Gasteiger partial charge in [0, 0.05) is 50.7 Å². The van der Waals surface area contributed by atoms with Gasteiger partial charge in [-0.3, -0.25) is 9.47 Å². The molecule has 1 aromatic heterocycles. The molecule has 0 bridgehead atoms. The van der Waals surface area contributed by atoms with Crippen LogP contribution in [0.1, 0.15) is 17.3 Å². The third-order valence-corrected chi connectivity index (χ3v) is 5.71. The first kappa shape index (κ1) is 22.3. The second-order valence-corrected chi connectivity index (χ2v) is 7.72. The minimum Gasteiger partial charge on any atom is -0.460 e. The average Bonchev–Trinajstić information content (AvgIpc) is 3.26. The number of hydrogen-bond donors (Lipinski definition) is 1. The summed E-state index contributed by atoms with van der Waals surface area (Å²) in [6.07, 6.45) is 1.78. The first-order valence-electron chi connectivity index (χ1n) is 11.1. The maximum Gasteiger partial charge on any atom is 0.338 e. The van der Waals surface area contributed by atoms with Crippen LogP contribution in [0.4, 0.5) is 5.69 Å². The van der Waals surface area contributed by atoms with Gasteiger partial charge in [0.25, 0.3) is 0 Å². The van der Waals surface area contributed by atoms with E-state index in [1.165, 1.54) is 5.69 Å². The molecule has 1 N–H and O–H groups in total. The molecule has 0 aliphatic carbocycles. The number of fused-ring (bicyclic) bond motifs is 1. The number of anilines is 1. The highest BCUT2D eigenvalue weighted by molar-refractivity contribution is 5.94. The molecule has 1 fully saturated rings. The lowest BCUT2D eigenvalue weighted by Gasteiger charge is -2.36. The zero-order valence-corrected chi connectivity index (χ0v) is 18.4. The molecule has 3 aromatic rings. The topological polar surface area (TPSA) is 80.1 Å². The Balaban J connectivity index is 1.47. The molecular weight excluding hydrogens is 408 g/mol. The maximum absolute atomic E-state index is 12.1. The normalized spacial score (nSPS) is 14.8. The fraction of sp³-hybridized carbons (Fsp3) is 0.417. The van der Waals surface area contributed by atoms with Crippen LogP contribution in [-0.2, 0) is 9.47 Å². The van der Waals surface area contributed by atoms with Gasteiger partial charge < -0.3 is 19.5 Å². The first-order valence-corrected chi connectivity index (χ1v) is 11.1. The number of ether oxygens (including phenoxy) is 2. The van der Waals surface area contributed by atoms with Crippen molar-refractivity contribution in [1.82, 2.24) is 14.5 Å². The predicted molar refractivity (Wildman–Crippen MR) is 124 cm³/mol.